The number of fused-ring (bicyclic) bond motifs is 1. The van der Waals surface area contributed by atoms with Gasteiger partial charge in [-0.3, -0.25) is 4.79 Å². The van der Waals surface area contributed by atoms with Crippen molar-refractivity contribution >= 4 is 28.2 Å². The first kappa shape index (κ1) is 13.1. The molecule has 4 nitrogen and oxygen atoms in total. The first-order chi connectivity index (χ1) is 10.1. The minimum Gasteiger partial charge on any atom is -0.398 e. The number of pyridine rings is 1. The van der Waals surface area contributed by atoms with Crippen molar-refractivity contribution in [1.29, 1.82) is 0 Å². The van der Waals surface area contributed by atoms with Crippen molar-refractivity contribution in [3.8, 4) is 0 Å². The summed E-state index contributed by atoms with van der Waals surface area (Å²) in [4.78, 5) is 16.6. The fraction of sp³-hybridized carbons (Fsp3) is 0.0588. The molecular formula is C17H15N3O. The van der Waals surface area contributed by atoms with Crippen molar-refractivity contribution in [2.75, 3.05) is 11.1 Å². The van der Waals surface area contributed by atoms with Crippen molar-refractivity contribution in [1.82, 2.24) is 4.98 Å². The third-order valence-corrected chi connectivity index (χ3v) is 3.37. The van der Waals surface area contributed by atoms with Crippen molar-refractivity contribution in [3.63, 3.8) is 0 Å². The number of carbonyl (C=O) groups excluding carboxylic acids is 1. The van der Waals surface area contributed by atoms with Crippen LogP contribution < -0.4 is 11.1 Å². The van der Waals surface area contributed by atoms with Gasteiger partial charge < -0.3 is 11.1 Å². The van der Waals surface area contributed by atoms with Gasteiger partial charge in [-0.1, -0.05) is 30.3 Å². The van der Waals surface area contributed by atoms with Gasteiger partial charge in [-0.05, 0) is 36.8 Å². The first-order valence-corrected chi connectivity index (χ1v) is 6.67. The Morgan fingerprint density at radius 2 is 1.90 bits per heavy atom. The van der Waals surface area contributed by atoms with E-state index in [1.807, 2.05) is 49.4 Å². The average Bonchev–Trinajstić information content (AvgIpc) is 2.50. The predicted molar refractivity (Wildman–Crippen MR) is 85.3 cm³/mol. The number of para-hydroxylation sites is 1. The number of hydrogen-bond donors (Lipinski definition) is 2. The van der Waals surface area contributed by atoms with Gasteiger partial charge in [-0.15, -0.1) is 0 Å². The van der Waals surface area contributed by atoms with Gasteiger partial charge in [0.25, 0.3) is 5.91 Å². The minimum absolute atomic E-state index is 0.246. The third-order valence-electron chi connectivity index (χ3n) is 3.37. The largest absolute Gasteiger partial charge is 0.398 e. The van der Waals surface area contributed by atoms with Crippen LogP contribution in [0.3, 0.4) is 0 Å². The number of aromatic nitrogens is 1. The topological polar surface area (TPSA) is 68.0 Å². The van der Waals surface area contributed by atoms with E-state index in [4.69, 9.17) is 5.73 Å². The number of aryl methyl sites for hydroxylation is 1. The Kier molecular flexibility index (Phi) is 3.28. The molecule has 0 aliphatic heterocycles. The standard InChI is InChI=1S/C17H15N3O/c1-11-6-8-13(10-14(11)18)19-17(21)16-9-7-12-4-2-3-5-15(12)20-16/h2-10H,18H2,1H3,(H,19,21). The number of benzene rings is 2. The van der Waals surface area contributed by atoms with Crippen LogP contribution in [-0.2, 0) is 0 Å². The maximum atomic E-state index is 12.2. The van der Waals surface area contributed by atoms with Gasteiger partial charge in [0.1, 0.15) is 5.69 Å². The highest BCUT2D eigenvalue weighted by Crippen LogP contribution is 2.18. The number of rotatable bonds is 2. The summed E-state index contributed by atoms with van der Waals surface area (Å²) < 4.78 is 0. The molecule has 0 saturated carbocycles. The van der Waals surface area contributed by atoms with E-state index in [-0.39, 0.29) is 5.91 Å². The van der Waals surface area contributed by atoms with Crippen molar-refractivity contribution in [3.05, 3.63) is 65.9 Å². The van der Waals surface area contributed by atoms with Gasteiger partial charge in [0.15, 0.2) is 0 Å². The molecule has 1 amide bonds. The highest BCUT2D eigenvalue weighted by atomic mass is 16.1. The minimum atomic E-state index is -0.246. The summed E-state index contributed by atoms with van der Waals surface area (Å²) in [5, 5.41) is 3.82. The van der Waals surface area contributed by atoms with Crippen LogP contribution in [-0.4, -0.2) is 10.9 Å². The Morgan fingerprint density at radius 1 is 1.10 bits per heavy atom. The van der Waals surface area contributed by atoms with E-state index in [0.29, 0.717) is 17.1 Å². The van der Waals surface area contributed by atoms with Gasteiger partial charge in [-0.2, -0.15) is 0 Å². The molecule has 3 N–H and O–H groups in total. The van der Waals surface area contributed by atoms with Gasteiger partial charge >= 0.3 is 0 Å². The number of amides is 1. The summed E-state index contributed by atoms with van der Waals surface area (Å²) in [5.74, 6) is -0.246. The molecule has 0 unspecified atom stereocenters. The lowest BCUT2D eigenvalue weighted by Gasteiger charge is -2.07. The van der Waals surface area contributed by atoms with E-state index in [1.165, 1.54) is 0 Å². The number of hydrogen-bond acceptors (Lipinski definition) is 3. The second-order valence-electron chi connectivity index (χ2n) is 4.91. The maximum Gasteiger partial charge on any atom is 0.274 e. The Morgan fingerprint density at radius 3 is 2.71 bits per heavy atom. The third kappa shape index (κ3) is 2.69. The monoisotopic (exact) mass is 277 g/mol. The van der Waals surface area contributed by atoms with Crippen LogP contribution in [0.2, 0.25) is 0 Å². The molecule has 2 aromatic carbocycles. The van der Waals surface area contributed by atoms with Crippen LogP contribution in [0.4, 0.5) is 11.4 Å². The van der Waals surface area contributed by atoms with Crippen LogP contribution in [0.5, 0.6) is 0 Å². The van der Waals surface area contributed by atoms with Crippen LogP contribution >= 0.6 is 0 Å². The zero-order valence-corrected chi connectivity index (χ0v) is 11.6. The van der Waals surface area contributed by atoms with Gasteiger partial charge in [0, 0.05) is 16.8 Å². The molecule has 0 bridgehead atoms. The second-order valence-corrected chi connectivity index (χ2v) is 4.91. The summed E-state index contributed by atoms with van der Waals surface area (Å²) in [7, 11) is 0. The molecule has 21 heavy (non-hydrogen) atoms. The maximum absolute atomic E-state index is 12.2. The quantitative estimate of drug-likeness (QED) is 0.706. The molecule has 0 aliphatic carbocycles. The molecule has 0 spiro atoms. The predicted octanol–water partition coefficient (Wildman–Crippen LogP) is 3.38. The lowest BCUT2D eigenvalue weighted by Crippen LogP contribution is -2.13. The van der Waals surface area contributed by atoms with E-state index < -0.39 is 0 Å². The van der Waals surface area contributed by atoms with Gasteiger partial charge in [-0.25, -0.2) is 4.98 Å². The van der Waals surface area contributed by atoms with E-state index >= 15 is 0 Å². The van der Waals surface area contributed by atoms with E-state index in [0.717, 1.165) is 16.5 Å². The molecule has 0 aliphatic rings. The van der Waals surface area contributed by atoms with Crippen molar-refractivity contribution < 1.29 is 4.79 Å². The molecule has 4 heteroatoms. The number of nitrogen functional groups attached to an aromatic ring is 1. The molecule has 0 radical (unpaired) electrons. The molecule has 1 aromatic heterocycles. The second kappa shape index (κ2) is 5.25. The van der Waals surface area contributed by atoms with E-state index in [9.17, 15) is 4.79 Å². The zero-order chi connectivity index (χ0) is 14.8. The Bertz CT molecular complexity index is 827. The highest BCUT2D eigenvalue weighted by molar-refractivity contribution is 6.04. The first-order valence-electron chi connectivity index (χ1n) is 6.67. The molecular weight excluding hydrogens is 262 g/mol. The fourth-order valence-electron chi connectivity index (χ4n) is 2.11. The highest BCUT2D eigenvalue weighted by Gasteiger charge is 2.09. The molecule has 0 atom stereocenters. The summed E-state index contributed by atoms with van der Waals surface area (Å²) in [6, 6.07) is 16.7. The Hall–Kier alpha value is -2.88. The Labute approximate surface area is 122 Å². The van der Waals surface area contributed by atoms with Crippen LogP contribution in [0.25, 0.3) is 10.9 Å². The van der Waals surface area contributed by atoms with Crippen LogP contribution in [0.15, 0.2) is 54.6 Å². The van der Waals surface area contributed by atoms with Gasteiger partial charge in [0.05, 0.1) is 5.52 Å². The average molecular weight is 277 g/mol. The summed E-state index contributed by atoms with van der Waals surface area (Å²) in [6.45, 7) is 1.92. The van der Waals surface area contributed by atoms with Gasteiger partial charge in [0.2, 0.25) is 0 Å². The number of carbonyl (C=O) groups is 1. The van der Waals surface area contributed by atoms with Crippen LogP contribution in [0, 0.1) is 6.92 Å². The number of nitrogens with one attached hydrogen (secondary N) is 1. The molecule has 0 saturated heterocycles. The van der Waals surface area contributed by atoms with Crippen LogP contribution in [0.1, 0.15) is 16.1 Å². The summed E-state index contributed by atoms with van der Waals surface area (Å²) in [5.41, 5.74) is 9.32. The fourth-order valence-corrected chi connectivity index (χ4v) is 2.11. The molecule has 3 aromatic rings. The lowest BCUT2D eigenvalue weighted by atomic mass is 10.1. The van der Waals surface area contributed by atoms with E-state index in [2.05, 4.69) is 10.3 Å². The smallest absolute Gasteiger partial charge is 0.274 e. The summed E-state index contributed by atoms with van der Waals surface area (Å²) in [6.07, 6.45) is 0. The number of anilines is 2. The Balaban J connectivity index is 1.87. The zero-order valence-electron chi connectivity index (χ0n) is 11.6. The molecule has 0 fully saturated rings. The van der Waals surface area contributed by atoms with E-state index in [1.54, 1.807) is 12.1 Å². The number of nitrogens with two attached hydrogens (primary N) is 1. The molecule has 3 rings (SSSR count). The molecule has 104 valence electrons. The van der Waals surface area contributed by atoms with Crippen molar-refractivity contribution in [2.45, 2.75) is 6.92 Å². The lowest BCUT2D eigenvalue weighted by molar-refractivity contribution is 0.102. The SMILES string of the molecule is Cc1ccc(NC(=O)c2ccc3ccccc3n2)cc1N. The molecule has 1 heterocycles. The summed E-state index contributed by atoms with van der Waals surface area (Å²) >= 11 is 0. The number of nitrogens with zero attached hydrogens (tertiary/aromatic N) is 1. The van der Waals surface area contributed by atoms with Crippen molar-refractivity contribution in [2.24, 2.45) is 0 Å². The normalized spacial score (nSPS) is 10.5.